The fourth-order valence-electron chi connectivity index (χ4n) is 3.96. The molecule has 3 amide bonds. The summed E-state index contributed by atoms with van der Waals surface area (Å²) < 4.78 is 1.66. The molecule has 1 aromatic rings. The molecule has 2 heterocycles. The molecule has 1 fully saturated rings. The van der Waals surface area contributed by atoms with E-state index in [9.17, 15) is 9.59 Å². The highest BCUT2D eigenvalue weighted by Crippen LogP contribution is 2.34. The molecule has 7 nitrogen and oxygen atoms in total. The van der Waals surface area contributed by atoms with Crippen molar-refractivity contribution < 1.29 is 9.59 Å². The number of allylic oxidation sites excluding steroid dienone is 5. The van der Waals surface area contributed by atoms with E-state index in [1.54, 1.807) is 42.7 Å². The molecule has 1 N–H and O–H groups in total. The molecule has 0 saturated carbocycles. The number of amides is 3. The van der Waals surface area contributed by atoms with Gasteiger partial charge >= 0.3 is 6.03 Å². The normalized spacial score (nSPS) is 19.8. The first-order valence-electron chi connectivity index (χ1n) is 10.5. The lowest BCUT2D eigenvalue weighted by atomic mass is 9.93. The van der Waals surface area contributed by atoms with Crippen molar-refractivity contribution in [3.8, 4) is 0 Å². The minimum Gasteiger partial charge on any atom is -0.306 e. The predicted molar refractivity (Wildman–Crippen MR) is 127 cm³/mol. The molecule has 31 heavy (non-hydrogen) atoms. The molecule has 0 bridgehead atoms. The van der Waals surface area contributed by atoms with Gasteiger partial charge in [-0.15, -0.1) is 9.24 Å². The van der Waals surface area contributed by atoms with Crippen molar-refractivity contribution in [3.63, 3.8) is 0 Å². The number of hydrogen-bond acceptors (Lipinski definition) is 4. The Kier molecular flexibility index (Phi) is 6.38. The molecule has 8 heteroatoms. The van der Waals surface area contributed by atoms with Crippen LogP contribution in [0.2, 0.25) is 0 Å². The van der Waals surface area contributed by atoms with Gasteiger partial charge in [-0.1, -0.05) is 22.8 Å². The third-order valence-corrected chi connectivity index (χ3v) is 6.57. The van der Waals surface area contributed by atoms with E-state index < -0.39 is 5.54 Å². The SMILES string of the molecule is CC(=N)C(Cn1cc(N2C(=O)N(CC3=CC(C)=C(C)CC3)C(C)(C)C2=O)cn1)=C(C)P. The Hall–Kier alpha value is -2.53. The van der Waals surface area contributed by atoms with Crippen LogP contribution in [-0.4, -0.2) is 44.4 Å². The summed E-state index contributed by atoms with van der Waals surface area (Å²) in [6, 6.07) is -0.319. The number of imide groups is 1. The fraction of sp³-hybridized carbons (Fsp3) is 0.478. The summed E-state index contributed by atoms with van der Waals surface area (Å²) >= 11 is 0. The van der Waals surface area contributed by atoms with Crippen molar-refractivity contribution in [2.24, 2.45) is 0 Å². The van der Waals surface area contributed by atoms with E-state index in [1.807, 2.05) is 6.92 Å². The Balaban J connectivity index is 1.85. The molecular weight excluding hydrogens is 409 g/mol. The summed E-state index contributed by atoms with van der Waals surface area (Å²) in [5, 5.41) is 13.2. The lowest BCUT2D eigenvalue weighted by Crippen LogP contribution is -2.45. The molecule has 0 aromatic carbocycles. The first kappa shape index (κ1) is 23.1. The zero-order valence-electron chi connectivity index (χ0n) is 19.2. The van der Waals surface area contributed by atoms with Gasteiger partial charge in [0.25, 0.3) is 5.91 Å². The standard InChI is InChI=1S/C23H32N5O2P/c1-14-7-8-18(9-15(14)2)11-27-22(30)28(21(29)23(27,5)6)19-10-25-26(12-19)13-20(16(3)24)17(4)31/h9-10,12,24H,7-8,11,13,31H2,1-6H3. The number of carbonyl (C=O) groups is 2. The van der Waals surface area contributed by atoms with Crippen LogP contribution in [0.25, 0.3) is 0 Å². The van der Waals surface area contributed by atoms with Gasteiger partial charge in [-0.05, 0) is 65.3 Å². The first-order chi connectivity index (χ1) is 14.4. The van der Waals surface area contributed by atoms with Crippen LogP contribution in [0.15, 0.2) is 46.1 Å². The maximum absolute atomic E-state index is 13.3. The van der Waals surface area contributed by atoms with Crippen molar-refractivity contribution in [1.29, 1.82) is 5.41 Å². The van der Waals surface area contributed by atoms with E-state index in [0.29, 0.717) is 24.5 Å². The van der Waals surface area contributed by atoms with Crippen molar-refractivity contribution in [2.75, 3.05) is 11.4 Å². The third kappa shape index (κ3) is 4.42. The van der Waals surface area contributed by atoms with Gasteiger partial charge in [0.1, 0.15) is 5.54 Å². The van der Waals surface area contributed by atoms with Gasteiger partial charge in [-0.2, -0.15) is 5.10 Å². The molecule has 166 valence electrons. The molecule has 1 saturated heterocycles. The smallest absolute Gasteiger partial charge is 0.306 e. The molecule has 2 aliphatic rings. The molecule has 1 aliphatic carbocycles. The van der Waals surface area contributed by atoms with E-state index in [1.165, 1.54) is 21.6 Å². The summed E-state index contributed by atoms with van der Waals surface area (Å²) in [5.41, 5.74) is 4.62. The Bertz CT molecular complexity index is 1040. The number of rotatable bonds is 6. The lowest BCUT2D eigenvalue weighted by Gasteiger charge is -2.29. The number of aromatic nitrogens is 2. The maximum atomic E-state index is 13.3. The Labute approximate surface area is 186 Å². The molecule has 0 spiro atoms. The number of nitrogens with one attached hydrogen (secondary N) is 1. The molecular formula is C23H32N5O2P. The van der Waals surface area contributed by atoms with Crippen molar-refractivity contribution in [1.82, 2.24) is 14.7 Å². The second-order valence-electron chi connectivity index (χ2n) is 9.02. The summed E-state index contributed by atoms with van der Waals surface area (Å²) in [7, 11) is 2.62. The van der Waals surface area contributed by atoms with Crippen LogP contribution in [0.1, 0.15) is 54.4 Å². The van der Waals surface area contributed by atoms with Gasteiger partial charge in [0, 0.05) is 18.5 Å². The number of urea groups is 1. The molecule has 1 aliphatic heterocycles. The van der Waals surface area contributed by atoms with E-state index in [4.69, 9.17) is 5.41 Å². The summed E-state index contributed by atoms with van der Waals surface area (Å²) in [4.78, 5) is 29.4. The zero-order valence-corrected chi connectivity index (χ0v) is 20.4. The minimum atomic E-state index is -0.933. The average Bonchev–Trinajstić information content (AvgIpc) is 3.19. The molecule has 1 unspecified atom stereocenters. The van der Waals surface area contributed by atoms with E-state index in [-0.39, 0.29) is 11.9 Å². The fourth-order valence-corrected chi connectivity index (χ4v) is 4.27. The molecule has 1 aromatic heterocycles. The van der Waals surface area contributed by atoms with Gasteiger partial charge < -0.3 is 10.3 Å². The lowest BCUT2D eigenvalue weighted by molar-refractivity contribution is -0.123. The number of hydrogen-bond donors (Lipinski definition) is 1. The zero-order chi connectivity index (χ0) is 23.1. The quantitative estimate of drug-likeness (QED) is 0.395. The van der Waals surface area contributed by atoms with Crippen molar-refractivity contribution in [3.05, 3.63) is 46.1 Å². The third-order valence-electron chi connectivity index (χ3n) is 6.23. The second kappa shape index (κ2) is 8.54. The maximum Gasteiger partial charge on any atom is 0.332 e. The highest BCUT2D eigenvalue weighted by Gasteiger charge is 2.52. The van der Waals surface area contributed by atoms with Crippen LogP contribution in [0, 0.1) is 5.41 Å². The van der Waals surface area contributed by atoms with Gasteiger partial charge in [0.05, 0.1) is 18.4 Å². The largest absolute Gasteiger partial charge is 0.332 e. The second-order valence-corrected chi connectivity index (χ2v) is 9.88. The van der Waals surface area contributed by atoms with Crippen LogP contribution in [0.3, 0.4) is 0 Å². The van der Waals surface area contributed by atoms with Gasteiger partial charge in [-0.3, -0.25) is 9.48 Å². The van der Waals surface area contributed by atoms with Crippen molar-refractivity contribution in [2.45, 2.75) is 66.5 Å². The van der Waals surface area contributed by atoms with Gasteiger partial charge in [-0.25, -0.2) is 9.69 Å². The monoisotopic (exact) mass is 441 g/mol. The number of carbonyl (C=O) groups excluding carboxylic acids is 2. The Morgan fingerprint density at radius 3 is 2.48 bits per heavy atom. The Morgan fingerprint density at radius 1 is 1.23 bits per heavy atom. The molecule has 0 radical (unpaired) electrons. The van der Waals surface area contributed by atoms with Crippen LogP contribution >= 0.6 is 9.24 Å². The van der Waals surface area contributed by atoms with Gasteiger partial charge in [0.2, 0.25) is 0 Å². The minimum absolute atomic E-state index is 0.252. The molecule has 1 atom stereocenters. The summed E-state index contributed by atoms with van der Waals surface area (Å²) in [6.45, 7) is 12.3. The first-order valence-corrected chi connectivity index (χ1v) is 11.1. The highest BCUT2D eigenvalue weighted by molar-refractivity contribution is 7.22. The van der Waals surface area contributed by atoms with E-state index in [2.05, 4.69) is 34.3 Å². The number of nitrogens with zero attached hydrogens (tertiary/aromatic N) is 4. The van der Waals surface area contributed by atoms with Gasteiger partial charge in [0.15, 0.2) is 0 Å². The van der Waals surface area contributed by atoms with Crippen LogP contribution in [0.5, 0.6) is 0 Å². The van der Waals surface area contributed by atoms with E-state index in [0.717, 1.165) is 23.7 Å². The predicted octanol–water partition coefficient (Wildman–Crippen LogP) is 4.68. The van der Waals surface area contributed by atoms with Crippen LogP contribution in [0.4, 0.5) is 10.5 Å². The summed E-state index contributed by atoms with van der Waals surface area (Å²) in [6.07, 6.45) is 7.28. The summed E-state index contributed by atoms with van der Waals surface area (Å²) in [5.74, 6) is -0.252. The van der Waals surface area contributed by atoms with Crippen LogP contribution in [-0.2, 0) is 11.3 Å². The molecule has 3 rings (SSSR count). The van der Waals surface area contributed by atoms with E-state index >= 15 is 0 Å². The topological polar surface area (TPSA) is 82.3 Å². The van der Waals surface area contributed by atoms with Crippen molar-refractivity contribution >= 4 is 32.6 Å². The highest BCUT2D eigenvalue weighted by atomic mass is 31.0. The average molecular weight is 442 g/mol. The number of anilines is 1. The van der Waals surface area contributed by atoms with Crippen LogP contribution < -0.4 is 4.90 Å². The Morgan fingerprint density at radius 2 is 1.90 bits per heavy atom.